The Kier molecular flexibility index (Phi) is 6.46. The number of carbonyl (C=O) groups is 1. The number of hydrazone groups is 1. The summed E-state index contributed by atoms with van der Waals surface area (Å²) in [7, 11) is -3.74. The molecule has 6 nitrogen and oxygen atoms in total. The largest absolute Gasteiger partial charge is 0.423 e. The number of hydrogen-bond donors (Lipinski definition) is 1. The van der Waals surface area contributed by atoms with Gasteiger partial charge in [-0.2, -0.15) is 13.5 Å². The van der Waals surface area contributed by atoms with Gasteiger partial charge in [0.25, 0.3) is 10.0 Å². The molecule has 0 radical (unpaired) electrons. The highest BCUT2D eigenvalue weighted by atomic mass is 79.9. The lowest BCUT2D eigenvalue weighted by Crippen LogP contribution is -2.18. The molecular weight excluding hydrogens is 456 g/mol. The van der Waals surface area contributed by atoms with Crippen LogP contribution < -0.4 is 9.57 Å². The zero-order valence-electron chi connectivity index (χ0n) is 15.4. The molecule has 0 bridgehead atoms. The van der Waals surface area contributed by atoms with Crippen molar-refractivity contribution in [3.05, 3.63) is 94.0 Å². The maximum Gasteiger partial charge on any atom is 0.343 e. The van der Waals surface area contributed by atoms with Gasteiger partial charge in [0.15, 0.2) is 0 Å². The Morgan fingerprint density at radius 3 is 2.21 bits per heavy atom. The van der Waals surface area contributed by atoms with Crippen LogP contribution in [0.5, 0.6) is 5.75 Å². The van der Waals surface area contributed by atoms with Crippen molar-refractivity contribution >= 4 is 38.1 Å². The molecule has 0 aliphatic rings. The van der Waals surface area contributed by atoms with E-state index in [4.69, 9.17) is 4.74 Å². The first-order valence-corrected chi connectivity index (χ1v) is 10.8. The first-order valence-electron chi connectivity index (χ1n) is 8.53. The highest BCUT2D eigenvalue weighted by Crippen LogP contribution is 2.15. The van der Waals surface area contributed by atoms with Gasteiger partial charge in [-0.25, -0.2) is 9.63 Å². The molecule has 0 saturated heterocycles. The molecule has 3 aromatic rings. The van der Waals surface area contributed by atoms with Gasteiger partial charge in [-0.3, -0.25) is 0 Å². The van der Waals surface area contributed by atoms with Gasteiger partial charge < -0.3 is 4.74 Å². The molecular formula is C21H17BrN2O4S. The van der Waals surface area contributed by atoms with Crippen molar-refractivity contribution in [1.82, 2.24) is 4.83 Å². The van der Waals surface area contributed by atoms with E-state index >= 15 is 0 Å². The van der Waals surface area contributed by atoms with Crippen molar-refractivity contribution in [3.63, 3.8) is 0 Å². The monoisotopic (exact) mass is 472 g/mol. The normalized spacial score (nSPS) is 11.4. The quantitative estimate of drug-likeness (QED) is 0.251. The van der Waals surface area contributed by atoms with E-state index in [1.807, 2.05) is 19.1 Å². The van der Waals surface area contributed by atoms with Crippen molar-refractivity contribution in [2.24, 2.45) is 5.10 Å². The molecule has 8 heteroatoms. The Morgan fingerprint density at radius 2 is 1.59 bits per heavy atom. The summed E-state index contributed by atoms with van der Waals surface area (Å²) in [4.78, 5) is 14.4. The molecule has 0 fully saturated rings. The van der Waals surface area contributed by atoms with Crippen LogP contribution in [0, 0.1) is 6.92 Å². The summed E-state index contributed by atoms with van der Waals surface area (Å²) in [5.74, 6) is -0.0724. The average Bonchev–Trinajstić information content (AvgIpc) is 2.70. The number of nitrogens with zero attached hydrogens (tertiary/aromatic N) is 1. The maximum atomic E-state index is 12.2. The van der Waals surface area contributed by atoms with Crippen molar-refractivity contribution in [3.8, 4) is 5.75 Å². The minimum Gasteiger partial charge on any atom is -0.423 e. The number of benzene rings is 3. The van der Waals surface area contributed by atoms with Crippen molar-refractivity contribution in [1.29, 1.82) is 0 Å². The standard InChI is InChI=1S/C21H17BrN2O4S/c1-15-2-6-17(7-3-15)21(25)28-19-10-4-16(5-11-19)14-23-24-29(26,27)20-12-8-18(22)9-13-20/h2-14,24H,1H3/b23-14+. The number of hydrogen-bond acceptors (Lipinski definition) is 5. The Balaban J connectivity index is 1.60. The fourth-order valence-electron chi connectivity index (χ4n) is 2.31. The molecule has 0 unspecified atom stereocenters. The molecule has 0 amide bonds. The van der Waals surface area contributed by atoms with Gasteiger partial charge in [0.2, 0.25) is 0 Å². The zero-order valence-corrected chi connectivity index (χ0v) is 17.8. The number of nitrogens with one attached hydrogen (secondary N) is 1. The van der Waals surface area contributed by atoms with Crippen LogP contribution in [0.15, 0.2) is 87.3 Å². The third-order valence-electron chi connectivity index (χ3n) is 3.89. The Labute approximate surface area is 177 Å². The Bertz CT molecular complexity index is 1120. The second-order valence-corrected chi connectivity index (χ2v) is 8.71. The van der Waals surface area contributed by atoms with Crippen LogP contribution in [0.25, 0.3) is 0 Å². The summed E-state index contributed by atoms with van der Waals surface area (Å²) in [5.41, 5.74) is 2.16. The third-order valence-corrected chi connectivity index (χ3v) is 5.66. The first kappa shape index (κ1) is 20.8. The van der Waals surface area contributed by atoms with Crippen molar-refractivity contribution < 1.29 is 17.9 Å². The number of halogens is 1. The SMILES string of the molecule is Cc1ccc(C(=O)Oc2ccc(/C=N/NS(=O)(=O)c3ccc(Br)cc3)cc2)cc1. The van der Waals surface area contributed by atoms with E-state index in [9.17, 15) is 13.2 Å². The molecule has 3 rings (SSSR count). The van der Waals surface area contributed by atoms with Crippen LogP contribution in [0.1, 0.15) is 21.5 Å². The molecule has 148 valence electrons. The lowest BCUT2D eigenvalue weighted by atomic mass is 10.1. The molecule has 0 heterocycles. The molecule has 0 saturated carbocycles. The number of sulfonamides is 1. The fourth-order valence-corrected chi connectivity index (χ4v) is 3.37. The highest BCUT2D eigenvalue weighted by Gasteiger charge is 2.12. The Morgan fingerprint density at radius 1 is 0.966 bits per heavy atom. The number of esters is 1. The molecule has 0 aliphatic heterocycles. The van der Waals surface area contributed by atoms with Gasteiger partial charge in [0, 0.05) is 4.47 Å². The van der Waals surface area contributed by atoms with E-state index in [0.717, 1.165) is 10.0 Å². The summed E-state index contributed by atoms with van der Waals surface area (Å²) in [6.07, 6.45) is 1.36. The van der Waals surface area contributed by atoms with E-state index < -0.39 is 16.0 Å². The summed E-state index contributed by atoms with van der Waals surface area (Å²) < 4.78 is 30.4. The van der Waals surface area contributed by atoms with Crippen molar-refractivity contribution in [2.45, 2.75) is 11.8 Å². The molecule has 0 atom stereocenters. The fraction of sp³-hybridized carbons (Fsp3) is 0.0476. The smallest absolute Gasteiger partial charge is 0.343 e. The number of carbonyl (C=O) groups excluding carboxylic acids is 1. The topological polar surface area (TPSA) is 84.8 Å². The molecule has 29 heavy (non-hydrogen) atoms. The number of ether oxygens (including phenoxy) is 1. The van der Waals surface area contributed by atoms with Gasteiger partial charge in [-0.15, -0.1) is 0 Å². The van der Waals surface area contributed by atoms with Crippen LogP contribution in [0.3, 0.4) is 0 Å². The summed E-state index contributed by atoms with van der Waals surface area (Å²) in [6.45, 7) is 1.94. The number of rotatable bonds is 6. The van der Waals surface area contributed by atoms with E-state index in [1.54, 1.807) is 48.5 Å². The predicted octanol–water partition coefficient (Wildman–Crippen LogP) is 4.29. The van der Waals surface area contributed by atoms with E-state index in [1.165, 1.54) is 18.3 Å². The summed E-state index contributed by atoms with van der Waals surface area (Å²) in [6, 6.07) is 19.8. The molecule has 3 aromatic carbocycles. The molecule has 0 spiro atoms. The summed E-state index contributed by atoms with van der Waals surface area (Å²) in [5, 5.41) is 3.78. The zero-order chi connectivity index (χ0) is 20.9. The molecule has 1 N–H and O–H groups in total. The van der Waals surface area contributed by atoms with Gasteiger partial charge in [-0.05, 0) is 73.2 Å². The van der Waals surface area contributed by atoms with Crippen LogP contribution in [-0.2, 0) is 10.0 Å². The molecule has 0 aliphatic carbocycles. The highest BCUT2D eigenvalue weighted by molar-refractivity contribution is 9.10. The average molecular weight is 473 g/mol. The van der Waals surface area contributed by atoms with Gasteiger partial charge in [0.1, 0.15) is 5.75 Å². The lowest BCUT2D eigenvalue weighted by molar-refractivity contribution is 0.0734. The lowest BCUT2D eigenvalue weighted by Gasteiger charge is -2.05. The van der Waals surface area contributed by atoms with Crippen LogP contribution in [0.2, 0.25) is 0 Å². The Hall–Kier alpha value is -2.97. The van der Waals surface area contributed by atoms with Crippen LogP contribution >= 0.6 is 15.9 Å². The predicted molar refractivity (Wildman–Crippen MR) is 115 cm³/mol. The second-order valence-electron chi connectivity index (χ2n) is 6.13. The minimum atomic E-state index is -3.74. The molecule has 0 aromatic heterocycles. The van der Waals surface area contributed by atoms with Gasteiger partial charge >= 0.3 is 5.97 Å². The first-order chi connectivity index (χ1) is 13.8. The van der Waals surface area contributed by atoms with Crippen molar-refractivity contribution in [2.75, 3.05) is 0 Å². The van der Waals surface area contributed by atoms with Gasteiger partial charge in [-0.1, -0.05) is 33.6 Å². The maximum absolute atomic E-state index is 12.2. The minimum absolute atomic E-state index is 0.108. The third kappa shape index (κ3) is 5.75. The van der Waals surface area contributed by atoms with Gasteiger partial charge in [0.05, 0.1) is 16.7 Å². The van der Waals surface area contributed by atoms with E-state index in [-0.39, 0.29) is 4.90 Å². The van der Waals surface area contributed by atoms with Crippen LogP contribution in [-0.4, -0.2) is 20.6 Å². The van der Waals surface area contributed by atoms with Crippen LogP contribution in [0.4, 0.5) is 0 Å². The second kappa shape index (κ2) is 9.02. The van der Waals surface area contributed by atoms with E-state index in [2.05, 4.69) is 25.9 Å². The summed E-state index contributed by atoms with van der Waals surface area (Å²) >= 11 is 3.26. The number of aryl methyl sites for hydroxylation is 1. The van der Waals surface area contributed by atoms with E-state index in [0.29, 0.717) is 16.9 Å².